The molecule has 34 heavy (non-hydrogen) atoms. The van der Waals surface area contributed by atoms with Crippen molar-refractivity contribution in [2.75, 3.05) is 25.5 Å². The monoisotopic (exact) mass is 497 g/mol. The van der Waals surface area contributed by atoms with Gasteiger partial charge in [0.25, 0.3) is 5.91 Å². The second-order valence-electron chi connectivity index (χ2n) is 8.35. The van der Waals surface area contributed by atoms with Crippen LogP contribution in [-0.4, -0.2) is 53.8 Å². The highest BCUT2D eigenvalue weighted by Gasteiger charge is 2.23. The van der Waals surface area contributed by atoms with Gasteiger partial charge in [-0.2, -0.15) is 0 Å². The fraction of sp³-hybridized carbons (Fsp3) is 0.292. The minimum absolute atomic E-state index is 0.145. The average molecular weight is 498 g/mol. The van der Waals surface area contributed by atoms with E-state index in [1.807, 2.05) is 30.7 Å². The number of rotatable bonds is 8. The van der Waals surface area contributed by atoms with E-state index in [2.05, 4.69) is 11.1 Å². The molecular formula is C24H27N5O3S2. The number of imidazole rings is 1. The summed E-state index contributed by atoms with van der Waals surface area (Å²) < 4.78 is 29.0. The lowest BCUT2D eigenvalue weighted by Gasteiger charge is -2.20. The van der Waals surface area contributed by atoms with E-state index >= 15 is 0 Å². The van der Waals surface area contributed by atoms with Crippen molar-refractivity contribution in [2.45, 2.75) is 31.7 Å². The number of benzene rings is 2. The first-order valence-corrected chi connectivity index (χ1v) is 13.1. The normalized spacial score (nSPS) is 11.9. The van der Waals surface area contributed by atoms with E-state index in [4.69, 9.17) is 4.98 Å². The molecule has 4 rings (SSSR count). The Labute approximate surface area is 203 Å². The highest BCUT2D eigenvalue weighted by Crippen LogP contribution is 2.33. The van der Waals surface area contributed by atoms with E-state index < -0.39 is 10.0 Å². The van der Waals surface area contributed by atoms with Crippen LogP contribution in [0.1, 0.15) is 27.9 Å². The second kappa shape index (κ2) is 9.65. The van der Waals surface area contributed by atoms with Gasteiger partial charge in [0.05, 0.1) is 21.4 Å². The Balaban J connectivity index is 1.66. The molecule has 0 atom stereocenters. The summed E-state index contributed by atoms with van der Waals surface area (Å²) in [5.74, 6) is -0.215. The molecule has 4 aromatic rings. The molecule has 2 aromatic carbocycles. The quantitative estimate of drug-likeness (QED) is 0.366. The van der Waals surface area contributed by atoms with Crippen molar-refractivity contribution < 1.29 is 13.2 Å². The predicted molar refractivity (Wildman–Crippen MR) is 135 cm³/mol. The Morgan fingerprint density at radius 2 is 1.85 bits per heavy atom. The minimum Gasteiger partial charge on any atom is -0.337 e. The molecular weight excluding hydrogens is 470 g/mol. The van der Waals surface area contributed by atoms with Crippen LogP contribution < -0.4 is 4.90 Å². The molecule has 0 saturated carbocycles. The lowest BCUT2D eigenvalue weighted by Crippen LogP contribution is -2.32. The van der Waals surface area contributed by atoms with Gasteiger partial charge in [0.2, 0.25) is 10.0 Å². The van der Waals surface area contributed by atoms with Crippen LogP contribution in [0.15, 0.2) is 60.0 Å². The van der Waals surface area contributed by atoms with Crippen molar-refractivity contribution in [3.63, 3.8) is 0 Å². The van der Waals surface area contributed by atoms with Crippen molar-refractivity contribution in [2.24, 2.45) is 0 Å². The summed E-state index contributed by atoms with van der Waals surface area (Å²) in [4.78, 5) is 24.3. The second-order valence-corrected chi connectivity index (χ2v) is 11.5. The topological polar surface area (TPSA) is 88.4 Å². The number of aromatic nitrogens is 3. The molecule has 0 bridgehead atoms. The highest BCUT2D eigenvalue weighted by atomic mass is 32.2. The standard InChI is InChI=1S/C24H27N5O3S2/c1-17-14-18(2)22-21(15-17)26-24(33-22)29(12-5-11-28-13-10-25-16-28)23(30)19-6-8-20(9-7-19)34(31,32)27(3)4/h6-10,13-16H,5,11-12H2,1-4H3. The molecule has 2 aromatic heterocycles. The zero-order valence-corrected chi connectivity index (χ0v) is 21.2. The third kappa shape index (κ3) is 4.89. The van der Waals surface area contributed by atoms with Crippen LogP contribution in [0.3, 0.4) is 0 Å². The predicted octanol–water partition coefficient (Wildman–Crippen LogP) is 4.10. The lowest BCUT2D eigenvalue weighted by molar-refractivity contribution is 0.0986. The van der Waals surface area contributed by atoms with Crippen LogP contribution in [-0.2, 0) is 16.6 Å². The smallest absolute Gasteiger partial charge is 0.260 e. The number of carbonyl (C=O) groups is 1. The molecule has 8 nitrogen and oxygen atoms in total. The number of aryl methyl sites for hydroxylation is 3. The van der Waals surface area contributed by atoms with Crippen molar-refractivity contribution in [1.82, 2.24) is 18.8 Å². The van der Waals surface area contributed by atoms with Crippen LogP contribution in [0.2, 0.25) is 0 Å². The van der Waals surface area contributed by atoms with Gasteiger partial charge in [0.15, 0.2) is 5.13 Å². The van der Waals surface area contributed by atoms with Crippen molar-refractivity contribution in [3.8, 4) is 0 Å². The molecule has 10 heteroatoms. The molecule has 0 N–H and O–H groups in total. The molecule has 0 aliphatic rings. The molecule has 0 aliphatic heterocycles. The lowest BCUT2D eigenvalue weighted by atomic mass is 10.1. The van der Waals surface area contributed by atoms with Gasteiger partial charge in [0, 0.05) is 45.1 Å². The van der Waals surface area contributed by atoms with Gasteiger partial charge in [0.1, 0.15) is 0 Å². The van der Waals surface area contributed by atoms with Crippen molar-refractivity contribution in [1.29, 1.82) is 0 Å². The van der Waals surface area contributed by atoms with Gasteiger partial charge in [-0.3, -0.25) is 9.69 Å². The Morgan fingerprint density at radius 1 is 1.12 bits per heavy atom. The molecule has 2 heterocycles. The summed E-state index contributed by atoms with van der Waals surface area (Å²) in [5, 5.41) is 0.629. The van der Waals surface area contributed by atoms with E-state index in [0.717, 1.165) is 25.6 Å². The van der Waals surface area contributed by atoms with E-state index in [1.54, 1.807) is 29.6 Å². The number of thiazole rings is 1. The fourth-order valence-electron chi connectivity index (χ4n) is 3.73. The van der Waals surface area contributed by atoms with Crippen LogP contribution >= 0.6 is 11.3 Å². The summed E-state index contributed by atoms with van der Waals surface area (Å²) in [5.41, 5.74) is 3.53. The molecule has 0 saturated heterocycles. The van der Waals surface area contributed by atoms with Crippen molar-refractivity contribution >= 4 is 42.6 Å². The number of fused-ring (bicyclic) bond motifs is 1. The number of hydrogen-bond acceptors (Lipinski definition) is 6. The molecule has 178 valence electrons. The number of hydrogen-bond donors (Lipinski definition) is 0. The summed E-state index contributed by atoms with van der Waals surface area (Å²) in [6, 6.07) is 10.2. The van der Waals surface area contributed by atoms with Crippen LogP contribution in [0.4, 0.5) is 5.13 Å². The van der Waals surface area contributed by atoms with Gasteiger partial charge in [-0.1, -0.05) is 17.4 Å². The first-order chi connectivity index (χ1) is 16.2. The van der Waals surface area contributed by atoms with E-state index in [1.165, 1.54) is 37.6 Å². The summed E-state index contributed by atoms with van der Waals surface area (Å²) in [6.07, 6.45) is 6.08. The first kappa shape index (κ1) is 24.1. The summed E-state index contributed by atoms with van der Waals surface area (Å²) >= 11 is 1.50. The van der Waals surface area contributed by atoms with Crippen LogP contribution in [0, 0.1) is 13.8 Å². The minimum atomic E-state index is -3.57. The van der Waals surface area contributed by atoms with Gasteiger partial charge in [-0.05, 0) is 61.7 Å². The summed E-state index contributed by atoms with van der Waals surface area (Å²) in [6.45, 7) is 5.26. The molecule has 0 unspecified atom stereocenters. The van der Waals surface area contributed by atoms with E-state index in [-0.39, 0.29) is 10.8 Å². The summed E-state index contributed by atoms with van der Waals surface area (Å²) in [7, 11) is -0.609. The molecule has 1 amide bonds. The fourth-order valence-corrected chi connectivity index (χ4v) is 5.67. The Hall–Kier alpha value is -3.08. The molecule has 0 radical (unpaired) electrons. The molecule has 0 fully saturated rings. The first-order valence-electron chi connectivity index (χ1n) is 10.8. The third-order valence-corrected chi connectivity index (χ3v) is 8.58. The molecule has 0 spiro atoms. The number of sulfonamides is 1. The SMILES string of the molecule is Cc1cc(C)c2sc(N(CCCn3ccnc3)C(=O)c3ccc(S(=O)(=O)N(C)C)cc3)nc2c1. The number of nitrogens with zero attached hydrogens (tertiary/aromatic N) is 5. The van der Waals surface area contributed by atoms with Gasteiger partial charge in [-0.25, -0.2) is 22.7 Å². The maximum absolute atomic E-state index is 13.6. The van der Waals surface area contributed by atoms with Crippen LogP contribution in [0.25, 0.3) is 10.2 Å². The van der Waals surface area contributed by atoms with E-state index in [0.29, 0.717) is 30.2 Å². The Bertz CT molecular complexity index is 1410. The Kier molecular flexibility index (Phi) is 6.83. The van der Waals surface area contributed by atoms with Gasteiger partial charge >= 0.3 is 0 Å². The van der Waals surface area contributed by atoms with Crippen LogP contribution in [0.5, 0.6) is 0 Å². The van der Waals surface area contributed by atoms with E-state index in [9.17, 15) is 13.2 Å². The molecule has 0 aliphatic carbocycles. The highest BCUT2D eigenvalue weighted by molar-refractivity contribution is 7.89. The zero-order chi connectivity index (χ0) is 24.5. The maximum Gasteiger partial charge on any atom is 0.260 e. The maximum atomic E-state index is 13.6. The Morgan fingerprint density at radius 3 is 2.50 bits per heavy atom. The number of anilines is 1. The zero-order valence-electron chi connectivity index (χ0n) is 19.6. The van der Waals surface area contributed by atoms with Gasteiger partial charge in [-0.15, -0.1) is 0 Å². The third-order valence-electron chi connectivity index (χ3n) is 5.52. The van der Waals surface area contributed by atoms with Crippen molar-refractivity contribution in [3.05, 3.63) is 71.8 Å². The average Bonchev–Trinajstić information content (AvgIpc) is 3.46. The number of carbonyl (C=O) groups excluding carboxylic acids is 1. The largest absolute Gasteiger partial charge is 0.337 e. The number of amides is 1. The van der Waals surface area contributed by atoms with Gasteiger partial charge < -0.3 is 4.57 Å².